The van der Waals surface area contributed by atoms with Crippen molar-refractivity contribution in [2.75, 3.05) is 41.5 Å². The third kappa shape index (κ3) is 30.6. The molecule has 0 bridgehead atoms. The fourth-order valence-electron chi connectivity index (χ4n) is 10.1. The molecule has 6 unspecified atom stereocenters. The Balaban J connectivity index is 3.52. The normalized spacial score (nSPS) is 17.2. The Morgan fingerprint density at radius 2 is 1.22 bits per heavy atom. The minimum atomic E-state index is -2.81. The molecule has 0 aliphatic rings. The fraction of sp³-hybridized carbons (Fsp3) is 0.646. The summed E-state index contributed by atoms with van der Waals surface area (Å²) in [5, 5.41) is 80.3. The van der Waals surface area contributed by atoms with Gasteiger partial charge >= 0.3 is 11.9 Å². The lowest BCUT2D eigenvalue weighted by Crippen LogP contribution is -2.68. The summed E-state index contributed by atoms with van der Waals surface area (Å²) in [6.07, 6.45) is -6.04. The number of likely N-dealkylation sites (N-methyl/N-ethyl adjacent to an activating group) is 2. The van der Waals surface area contributed by atoms with Gasteiger partial charge in [0.15, 0.2) is 6.10 Å². The molecule has 105 heavy (non-hydrogen) atoms. The number of carbonyl (C=O) groups excluding carboxylic acids is 14. The summed E-state index contributed by atoms with van der Waals surface area (Å²) >= 11 is 0. The summed E-state index contributed by atoms with van der Waals surface area (Å²) < 4.78 is 11.1. The minimum Gasteiger partial charge on any atom is -0.508 e. The Morgan fingerprint density at radius 1 is 0.648 bits per heavy atom. The second-order valence-electron chi connectivity index (χ2n) is 26.1. The molecule has 0 saturated heterocycles. The first kappa shape index (κ1) is 93.5. The van der Waals surface area contributed by atoms with Gasteiger partial charge < -0.3 is 121 Å². The van der Waals surface area contributed by atoms with Crippen LogP contribution in [0.3, 0.4) is 0 Å². The highest BCUT2D eigenvalue weighted by Gasteiger charge is 2.45. The summed E-state index contributed by atoms with van der Waals surface area (Å²) in [5.41, 5.74) is 25.9. The van der Waals surface area contributed by atoms with Crippen LogP contribution in [0.25, 0.3) is 0 Å². The number of nitrogens with zero attached hydrogens (tertiary/aromatic N) is 2. The van der Waals surface area contributed by atoms with Crippen LogP contribution in [0.4, 0.5) is 0 Å². The van der Waals surface area contributed by atoms with Crippen LogP contribution in [-0.2, 0) is 91.2 Å². The number of esters is 1. The van der Waals surface area contributed by atoms with E-state index in [1.165, 1.54) is 58.2 Å². The van der Waals surface area contributed by atoms with Crippen LogP contribution in [0.5, 0.6) is 5.75 Å². The third-order valence-electron chi connectivity index (χ3n) is 16.8. The average molecular weight is 1500 g/mol. The van der Waals surface area contributed by atoms with Crippen molar-refractivity contribution < 1.29 is 122 Å². The van der Waals surface area contributed by atoms with Crippen LogP contribution in [0.2, 0.25) is 0 Å². The van der Waals surface area contributed by atoms with Crippen LogP contribution < -0.4 is 71.2 Å². The van der Waals surface area contributed by atoms with Gasteiger partial charge in [0.1, 0.15) is 90.7 Å². The molecule has 0 heterocycles. The number of allylic oxidation sites excluding steroid dienone is 1. The molecule has 40 heteroatoms. The molecule has 1 aromatic rings. The lowest BCUT2D eigenvalue weighted by Gasteiger charge is -2.35. The van der Waals surface area contributed by atoms with Crippen molar-refractivity contribution in [2.24, 2.45) is 52.3 Å². The van der Waals surface area contributed by atoms with E-state index in [9.17, 15) is 103 Å². The Bertz CT molecular complexity index is 3190. The Labute approximate surface area is 606 Å². The van der Waals surface area contributed by atoms with Crippen molar-refractivity contribution in [3.8, 4) is 5.75 Å². The number of hydrogen-bond donors (Lipinski definition) is 19. The smallest absolute Gasteiger partial charge is 0.329 e. The van der Waals surface area contributed by atoms with Crippen molar-refractivity contribution in [1.29, 1.82) is 0 Å². The molecular weight excluding hydrogens is 1390 g/mol. The number of aliphatic hydroxyl groups excluding tert-OH is 3. The highest BCUT2D eigenvalue weighted by molar-refractivity contribution is 6.00. The monoisotopic (exact) mass is 1500 g/mol. The molecule has 0 aliphatic carbocycles. The first-order chi connectivity index (χ1) is 48.7. The summed E-state index contributed by atoms with van der Waals surface area (Å²) in [4.78, 5) is 213. The number of rotatable bonds is 47. The number of nitrogens with two attached hydrogens (primary N) is 5. The molecule has 0 saturated carbocycles. The van der Waals surface area contributed by atoms with E-state index >= 15 is 0 Å². The standard InChI is InChI=1S/C65H107N15O25/c1-15-16-30(4)17-20-38(83)26-43(85)74-48(50(87)54(69)89)59(94)76-47(34(8)81)58(93)78-52(65(10,70)101)60(95)75-46(31(5)32(6)53(68)88)64(100)105-35(9)45(67)57(92)73-40(28-104-103-14)55(90)71-27-44(86)72-39(25-29(2)3)61(96)80(12)41(23-24-42(66)84)56(91)77-49(62(97)79(11)33(7)63(98)99)51(102-13)36-18-21-37(82)22-19-36/h17-22,29-35,38-41,45-52,81-83,87,101H,15-16,23-28,67,70H2,1-14H3,(H2,66,84)(H2,68,88)(H2,69,89)(H,71,90)(H,72,86)(H,73,92)(H,74,85)(H,75,95)(H,76,94)(H,77,91)(H,78,93)(H,98,99)/b20-17-/t30?,31?,32?,33-,34+,35+,38?,39-,40-,41-,45-,46-,47-,48-,49-,50?,51?,52+,65+/m0/s1. The molecule has 40 nitrogen and oxygen atoms in total. The first-order valence-corrected chi connectivity index (χ1v) is 33.4. The molecule has 24 N–H and O–H groups in total. The topological polar surface area (TPSA) is 647 Å². The number of carboxylic acid groups (broad SMARTS) is 1. The molecule has 19 atom stereocenters. The lowest BCUT2D eigenvalue weighted by atomic mass is 9.87. The Morgan fingerprint density at radius 3 is 1.72 bits per heavy atom. The molecule has 0 spiro atoms. The SMILES string of the molecule is CCCC(C)/C=C\C(O)CC(=O)N[C@H](C(=O)N[C@H](C(=O)N[C@H](C(=O)N[C@H](C(=O)O[C@H](C)[C@H](N)C(=O)N[C@@H](COOC)C(=O)NCC(=O)N[C@@H](CC(C)C)C(=O)N(C)[C@@H](CCC(N)=O)C(=O)N[C@H](C(=O)N(C)[C@@H](C)C(=O)O)C(OC)c1ccc(O)cc1)C(C)C(C)C(N)=O)[C@](C)(N)O)[C@@H](C)O)C(O)C(N)=O. The molecule has 1 aromatic carbocycles. The zero-order valence-electron chi connectivity index (χ0n) is 61.3. The molecular formula is C65H107N15O25. The number of aliphatic hydroxyl groups is 4. The van der Waals surface area contributed by atoms with Gasteiger partial charge in [-0.25, -0.2) is 19.4 Å². The Kier molecular flexibility index (Phi) is 39.4. The fourth-order valence-corrected chi connectivity index (χ4v) is 10.1. The van der Waals surface area contributed by atoms with Crippen LogP contribution >= 0.6 is 0 Å². The van der Waals surface area contributed by atoms with Crippen LogP contribution in [0.1, 0.15) is 119 Å². The lowest BCUT2D eigenvalue weighted by molar-refractivity contribution is -0.274. The van der Waals surface area contributed by atoms with Crippen molar-refractivity contribution >= 4 is 88.7 Å². The average Bonchev–Trinajstić information content (AvgIpc) is 0.817. The van der Waals surface area contributed by atoms with E-state index in [-0.39, 0.29) is 29.6 Å². The van der Waals surface area contributed by atoms with E-state index < -0.39 is 230 Å². The van der Waals surface area contributed by atoms with Crippen molar-refractivity contribution in [3.63, 3.8) is 0 Å². The van der Waals surface area contributed by atoms with E-state index in [2.05, 4.69) is 31.5 Å². The maximum atomic E-state index is 14.5. The number of ether oxygens (including phenoxy) is 2. The van der Waals surface area contributed by atoms with Crippen molar-refractivity contribution in [3.05, 3.63) is 42.0 Å². The van der Waals surface area contributed by atoms with Gasteiger partial charge in [0.05, 0.1) is 32.3 Å². The maximum Gasteiger partial charge on any atom is 0.329 e. The number of primary amides is 3. The van der Waals surface area contributed by atoms with E-state index in [4.69, 9.17) is 43.0 Å². The van der Waals surface area contributed by atoms with Crippen molar-refractivity contribution in [1.82, 2.24) is 52.3 Å². The summed E-state index contributed by atoms with van der Waals surface area (Å²) in [5.74, 6) is -21.4. The van der Waals surface area contributed by atoms with E-state index in [1.807, 2.05) is 29.8 Å². The second kappa shape index (κ2) is 44.3. The third-order valence-corrected chi connectivity index (χ3v) is 16.8. The summed E-state index contributed by atoms with van der Waals surface area (Å²) in [7, 11) is 4.55. The van der Waals surface area contributed by atoms with Gasteiger partial charge in [-0.1, -0.05) is 72.2 Å². The molecule has 1 rings (SSSR count). The Hall–Kier alpha value is -9.55. The maximum absolute atomic E-state index is 14.5. The number of hydrogen-bond acceptors (Lipinski definition) is 26. The number of aromatic hydroxyl groups is 1. The number of carbonyl (C=O) groups is 15. The second-order valence-corrected chi connectivity index (χ2v) is 26.1. The number of phenols is 1. The van der Waals surface area contributed by atoms with Gasteiger partial charge in [-0.15, -0.1) is 0 Å². The molecule has 0 aromatic heterocycles. The van der Waals surface area contributed by atoms with E-state index in [0.29, 0.717) is 0 Å². The summed E-state index contributed by atoms with van der Waals surface area (Å²) in [6.45, 7) is 12.0. The number of benzene rings is 1. The molecule has 0 radical (unpaired) electrons. The van der Waals surface area contributed by atoms with E-state index in [0.717, 1.165) is 64.6 Å². The van der Waals surface area contributed by atoms with Gasteiger partial charge in [0.2, 0.25) is 76.8 Å². The highest BCUT2D eigenvalue weighted by Crippen LogP contribution is 2.26. The highest BCUT2D eigenvalue weighted by atomic mass is 17.2. The van der Waals surface area contributed by atoms with Gasteiger partial charge in [-0.2, -0.15) is 0 Å². The number of nitrogens with one attached hydrogen (secondary N) is 8. The number of amides is 13. The predicted molar refractivity (Wildman–Crippen MR) is 368 cm³/mol. The first-order valence-electron chi connectivity index (χ1n) is 33.4. The number of methoxy groups -OCH3 is 1. The molecule has 592 valence electrons. The van der Waals surface area contributed by atoms with Gasteiger partial charge in [0, 0.05) is 33.5 Å². The number of phenolic OH excluding ortho intramolecular Hbond substituents is 1. The van der Waals surface area contributed by atoms with Crippen LogP contribution in [-0.4, -0.2) is 261 Å². The zero-order valence-corrected chi connectivity index (χ0v) is 61.3. The number of carboxylic acids is 1. The van der Waals surface area contributed by atoms with Crippen LogP contribution in [0.15, 0.2) is 36.4 Å². The van der Waals surface area contributed by atoms with Gasteiger partial charge in [0.25, 0.3) is 0 Å². The largest absolute Gasteiger partial charge is 0.508 e. The zero-order chi connectivity index (χ0) is 80.8. The summed E-state index contributed by atoms with van der Waals surface area (Å²) in [6, 6.07) is -13.5. The molecule has 0 fully saturated rings. The van der Waals surface area contributed by atoms with Gasteiger partial charge in [-0.3, -0.25) is 62.3 Å². The molecule has 13 amide bonds. The predicted octanol–water partition coefficient (Wildman–Crippen LogP) is -7.11. The van der Waals surface area contributed by atoms with Crippen LogP contribution in [0, 0.1) is 23.7 Å². The van der Waals surface area contributed by atoms with Crippen molar-refractivity contribution in [2.45, 2.75) is 204 Å². The molecule has 0 aliphatic heterocycles. The van der Waals surface area contributed by atoms with Gasteiger partial charge in [-0.05, 0) is 82.4 Å². The van der Waals surface area contributed by atoms with E-state index in [1.54, 1.807) is 19.9 Å². The quantitative estimate of drug-likeness (QED) is 0.00948. The number of aliphatic carboxylic acids is 1. The minimum absolute atomic E-state index is 0.0244.